The van der Waals surface area contributed by atoms with Gasteiger partial charge in [0, 0.05) is 17.0 Å². The molecule has 1 aromatic carbocycles. The molecule has 1 N–H and O–H groups in total. The van der Waals surface area contributed by atoms with Crippen LogP contribution in [-0.2, 0) is 6.42 Å². The van der Waals surface area contributed by atoms with Gasteiger partial charge >= 0.3 is 0 Å². The number of aromatic nitrogens is 2. The summed E-state index contributed by atoms with van der Waals surface area (Å²) >= 11 is 6.87. The van der Waals surface area contributed by atoms with Crippen molar-refractivity contribution in [3.8, 4) is 5.75 Å². The Labute approximate surface area is 135 Å². The Morgan fingerprint density at radius 2 is 2.00 bits per heavy atom. The van der Waals surface area contributed by atoms with E-state index in [1.165, 1.54) is 0 Å². The molecule has 1 heterocycles. The molecule has 6 heteroatoms. The van der Waals surface area contributed by atoms with Gasteiger partial charge in [-0.3, -0.25) is 0 Å². The first-order valence-electron chi connectivity index (χ1n) is 6.26. The molecule has 1 aromatic heterocycles. The van der Waals surface area contributed by atoms with Gasteiger partial charge in [0.25, 0.3) is 0 Å². The zero-order valence-corrected chi connectivity index (χ0v) is 14.5. The van der Waals surface area contributed by atoms with Gasteiger partial charge in [0.15, 0.2) is 0 Å². The molecule has 2 aromatic rings. The number of rotatable bonds is 5. The van der Waals surface area contributed by atoms with Gasteiger partial charge in [-0.1, -0.05) is 22.9 Å². The highest BCUT2D eigenvalue weighted by Gasteiger charge is 2.07. The molecule has 0 radical (unpaired) electrons. The minimum atomic E-state index is 0.742. The summed E-state index contributed by atoms with van der Waals surface area (Å²) in [6.45, 7) is 2.11. The maximum Gasteiger partial charge on any atom is 0.142 e. The van der Waals surface area contributed by atoms with Crippen LogP contribution in [0, 0.1) is 0 Å². The fraction of sp³-hybridized carbons (Fsp3) is 0.286. The van der Waals surface area contributed by atoms with Gasteiger partial charge in [0.1, 0.15) is 22.0 Å². The highest BCUT2D eigenvalue weighted by molar-refractivity contribution is 9.10. The molecule has 4 nitrogen and oxygen atoms in total. The fourth-order valence-electron chi connectivity index (χ4n) is 1.78. The van der Waals surface area contributed by atoms with Crippen molar-refractivity contribution in [2.24, 2.45) is 0 Å². The summed E-state index contributed by atoms with van der Waals surface area (Å²) in [5, 5.41) is 3.27. The molecule has 0 saturated carbocycles. The van der Waals surface area contributed by atoms with Crippen LogP contribution in [-0.4, -0.2) is 17.1 Å². The standard InChI is InChI=1S/C14H15Br2N3O/c1-3-4-13-18-12(16)8-14(19-13)17-10-7-9(15)5-6-11(10)20-2/h5-8H,3-4H2,1-2H3,(H,17,18,19). The normalized spacial score (nSPS) is 10.4. The van der Waals surface area contributed by atoms with Gasteiger partial charge in [0.05, 0.1) is 12.8 Å². The van der Waals surface area contributed by atoms with Gasteiger partial charge in [-0.05, 0) is 40.5 Å². The van der Waals surface area contributed by atoms with Crippen LogP contribution < -0.4 is 10.1 Å². The van der Waals surface area contributed by atoms with Gasteiger partial charge in [-0.15, -0.1) is 0 Å². The lowest BCUT2D eigenvalue weighted by molar-refractivity contribution is 0.416. The van der Waals surface area contributed by atoms with Crippen molar-refractivity contribution in [2.75, 3.05) is 12.4 Å². The van der Waals surface area contributed by atoms with Crippen molar-refractivity contribution in [3.05, 3.63) is 39.2 Å². The average molecular weight is 401 g/mol. The number of aryl methyl sites for hydroxylation is 1. The number of ether oxygens (including phenoxy) is 1. The molecule has 20 heavy (non-hydrogen) atoms. The Hall–Kier alpha value is -1.14. The van der Waals surface area contributed by atoms with Crippen LogP contribution in [0.25, 0.3) is 0 Å². The number of anilines is 2. The highest BCUT2D eigenvalue weighted by Crippen LogP contribution is 2.30. The summed E-state index contributed by atoms with van der Waals surface area (Å²) in [4.78, 5) is 8.85. The van der Waals surface area contributed by atoms with Crippen molar-refractivity contribution in [1.29, 1.82) is 0 Å². The van der Waals surface area contributed by atoms with Crippen LogP contribution in [0.4, 0.5) is 11.5 Å². The number of benzene rings is 1. The first-order valence-corrected chi connectivity index (χ1v) is 7.85. The monoisotopic (exact) mass is 399 g/mol. The topological polar surface area (TPSA) is 47.0 Å². The second-order valence-corrected chi connectivity index (χ2v) is 5.94. The van der Waals surface area contributed by atoms with Crippen molar-refractivity contribution in [2.45, 2.75) is 19.8 Å². The Balaban J connectivity index is 2.31. The highest BCUT2D eigenvalue weighted by atomic mass is 79.9. The average Bonchev–Trinajstić information content (AvgIpc) is 2.38. The van der Waals surface area contributed by atoms with E-state index in [4.69, 9.17) is 4.74 Å². The van der Waals surface area contributed by atoms with Gasteiger partial charge in [-0.2, -0.15) is 0 Å². The van der Waals surface area contributed by atoms with Crippen LogP contribution in [0.2, 0.25) is 0 Å². The quantitative estimate of drug-likeness (QED) is 0.738. The molecule has 0 bridgehead atoms. The number of methoxy groups -OCH3 is 1. The SMILES string of the molecule is CCCc1nc(Br)cc(Nc2cc(Br)ccc2OC)n1. The Morgan fingerprint density at radius 1 is 1.20 bits per heavy atom. The zero-order valence-electron chi connectivity index (χ0n) is 11.3. The van der Waals surface area contributed by atoms with E-state index in [1.54, 1.807) is 7.11 Å². The molecule has 0 amide bonds. The molecule has 0 aliphatic rings. The lowest BCUT2D eigenvalue weighted by Gasteiger charge is -2.12. The molecule has 0 fully saturated rings. The van der Waals surface area contributed by atoms with Crippen LogP contribution in [0.5, 0.6) is 5.75 Å². The minimum Gasteiger partial charge on any atom is -0.495 e. The van der Waals surface area contributed by atoms with Crippen molar-refractivity contribution >= 4 is 43.4 Å². The molecule has 2 rings (SSSR count). The number of nitrogens with zero attached hydrogens (tertiary/aromatic N) is 2. The summed E-state index contributed by atoms with van der Waals surface area (Å²) in [7, 11) is 1.65. The lowest BCUT2D eigenvalue weighted by Crippen LogP contribution is -2.01. The van der Waals surface area contributed by atoms with E-state index in [-0.39, 0.29) is 0 Å². The van der Waals surface area contributed by atoms with E-state index < -0.39 is 0 Å². The molecule has 0 aliphatic heterocycles. The smallest absolute Gasteiger partial charge is 0.142 e. The molecule has 0 atom stereocenters. The van der Waals surface area contributed by atoms with Crippen molar-refractivity contribution in [1.82, 2.24) is 9.97 Å². The van der Waals surface area contributed by atoms with Gasteiger partial charge in [0.2, 0.25) is 0 Å². The molecule has 0 aliphatic carbocycles. The van der Waals surface area contributed by atoms with E-state index in [9.17, 15) is 0 Å². The number of hydrogen-bond donors (Lipinski definition) is 1. The number of halogens is 2. The second kappa shape index (κ2) is 7.04. The van der Waals surface area contributed by atoms with Gasteiger partial charge in [-0.25, -0.2) is 9.97 Å². The lowest BCUT2D eigenvalue weighted by atomic mass is 10.3. The van der Waals surface area contributed by atoms with Crippen molar-refractivity contribution in [3.63, 3.8) is 0 Å². The summed E-state index contributed by atoms with van der Waals surface area (Å²) in [5.41, 5.74) is 0.856. The number of hydrogen-bond acceptors (Lipinski definition) is 4. The first kappa shape index (κ1) is 15.3. The van der Waals surface area contributed by atoms with Crippen molar-refractivity contribution < 1.29 is 4.74 Å². The van der Waals surface area contributed by atoms with Crippen LogP contribution in [0.3, 0.4) is 0 Å². The maximum atomic E-state index is 5.34. The molecular formula is C14H15Br2N3O. The first-order chi connectivity index (χ1) is 9.62. The van der Waals surface area contributed by atoms with Crippen LogP contribution in [0.15, 0.2) is 33.3 Å². The predicted octanol–water partition coefficient (Wildman–Crippen LogP) is 4.71. The van der Waals surface area contributed by atoms with E-state index in [2.05, 4.69) is 54.1 Å². The Kier molecular flexibility index (Phi) is 5.37. The summed E-state index contributed by atoms with van der Waals surface area (Å²) in [6, 6.07) is 7.63. The van der Waals surface area contributed by atoms with E-state index in [1.807, 2.05) is 24.3 Å². The van der Waals surface area contributed by atoms with Crippen LogP contribution in [0.1, 0.15) is 19.2 Å². The third kappa shape index (κ3) is 3.93. The molecule has 106 valence electrons. The third-order valence-corrected chi connectivity index (χ3v) is 3.54. The third-order valence-electron chi connectivity index (χ3n) is 2.64. The summed E-state index contributed by atoms with van der Waals surface area (Å²) in [6.07, 6.45) is 1.86. The largest absolute Gasteiger partial charge is 0.495 e. The Bertz CT molecular complexity index is 605. The number of nitrogens with one attached hydrogen (secondary N) is 1. The zero-order chi connectivity index (χ0) is 14.5. The van der Waals surface area contributed by atoms with E-state index >= 15 is 0 Å². The minimum absolute atomic E-state index is 0.742. The van der Waals surface area contributed by atoms with E-state index in [0.29, 0.717) is 0 Å². The van der Waals surface area contributed by atoms with E-state index in [0.717, 1.165) is 45.0 Å². The van der Waals surface area contributed by atoms with Gasteiger partial charge < -0.3 is 10.1 Å². The Morgan fingerprint density at radius 3 is 2.70 bits per heavy atom. The predicted molar refractivity (Wildman–Crippen MR) is 87.7 cm³/mol. The molecular weight excluding hydrogens is 386 g/mol. The maximum absolute atomic E-state index is 5.34. The second-order valence-electron chi connectivity index (χ2n) is 4.21. The summed E-state index contributed by atoms with van der Waals surface area (Å²) < 4.78 is 7.09. The summed E-state index contributed by atoms with van der Waals surface area (Å²) in [5.74, 6) is 2.32. The molecule has 0 unspecified atom stereocenters. The molecule has 0 spiro atoms. The van der Waals surface area contributed by atoms with Crippen LogP contribution >= 0.6 is 31.9 Å². The molecule has 0 saturated heterocycles. The fourth-order valence-corrected chi connectivity index (χ4v) is 2.56.